The molecule has 11 heteroatoms. The lowest BCUT2D eigenvalue weighted by Gasteiger charge is -2.17. The van der Waals surface area contributed by atoms with Crippen LogP contribution in [0.3, 0.4) is 0 Å². The normalized spacial score (nSPS) is 12.3. The minimum atomic E-state index is -3.76. The highest BCUT2D eigenvalue weighted by molar-refractivity contribution is 7.89. The molecule has 4 rings (SSSR count). The average Bonchev–Trinajstić information content (AvgIpc) is 3.24. The molecule has 0 bridgehead atoms. The molecule has 0 aliphatic rings. The number of hydrogen-bond acceptors (Lipinski definition) is 6. The Hall–Kier alpha value is -3.31. The molecule has 0 unspecified atom stereocenters. The summed E-state index contributed by atoms with van der Waals surface area (Å²) in [5.41, 5.74) is 2.53. The van der Waals surface area contributed by atoms with Crippen molar-refractivity contribution in [3.05, 3.63) is 93.2 Å². The number of ether oxygens (including phenoxy) is 1. The number of carbonyl (C=O) groups is 2. The molecule has 1 aromatic heterocycles. The van der Waals surface area contributed by atoms with Crippen LogP contribution in [0.2, 0.25) is 5.02 Å². The number of sulfonamides is 1. The van der Waals surface area contributed by atoms with Crippen LogP contribution in [0.5, 0.6) is 0 Å². The second kappa shape index (κ2) is 11.6. The molecule has 3 aromatic carbocycles. The van der Waals surface area contributed by atoms with Gasteiger partial charge < -0.3 is 9.30 Å². The highest BCUT2D eigenvalue weighted by Crippen LogP contribution is 2.27. The molecule has 1 heterocycles. The molecule has 0 fully saturated rings. The number of amides is 1. The quantitative estimate of drug-likeness (QED) is 0.283. The summed E-state index contributed by atoms with van der Waals surface area (Å²) in [7, 11) is -2.26. The molecule has 0 saturated carbocycles. The molecule has 8 nitrogen and oxygen atoms in total. The number of aryl methyl sites for hydroxylation is 1. The fraction of sp³-hybridized carbons (Fsp3) is 0.222. The molecule has 198 valence electrons. The van der Waals surface area contributed by atoms with Crippen molar-refractivity contribution in [3.63, 3.8) is 0 Å². The van der Waals surface area contributed by atoms with E-state index >= 15 is 0 Å². The topological polar surface area (TPSA) is 98.0 Å². The van der Waals surface area contributed by atoms with Gasteiger partial charge in [-0.2, -0.15) is 9.30 Å². The molecule has 0 spiro atoms. The minimum Gasteiger partial charge on any atom is -0.465 e. The fourth-order valence-corrected chi connectivity index (χ4v) is 6.31. The van der Waals surface area contributed by atoms with Crippen molar-refractivity contribution >= 4 is 55.1 Å². The number of esters is 1. The number of nitrogens with zero attached hydrogens (tertiary/aromatic N) is 3. The van der Waals surface area contributed by atoms with E-state index in [4.69, 9.17) is 16.3 Å². The monoisotopic (exact) mass is 571 g/mol. The summed E-state index contributed by atoms with van der Waals surface area (Å²) in [5, 5.41) is 0.528. The zero-order valence-electron chi connectivity index (χ0n) is 21.0. The third kappa shape index (κ3) is 5.88. The van der Waals surface area contributed by atoms with Crippen LogP contribution < -0.4 is 4.80 Å². The van der Waals surface area contributed by atoms with E-state index in [-0.39, 0.29) is 30.2 Å². The number of aromatic nitrogens is 1. The summed E-state index contributed by atoms with van der Waals surface area (Å²) in [6, 6.07) is 18.5. The summed E-state index contributed by atoms with van der Waals surface area (Å²) >= 11 is 7.56. The highest BCUT2D eigenvalue weighted by atomic mass is 35.5. The van der Waals surface area contributed by atoms with Crippen LogP contribution in [-0.2, 0) is 32.6 Å². The third-order valence-corrected chi connectivity index (χ3v) is 9.15. The average molecular weight is 572 g/mol. The predicted octanol–water partition coefficient (Wildman–Crippen LogP) is 4.79. The van der Waals surface area contributed by atoms with Gasteiger partial charge in [0.15, 0.2) is 4.80 Å². The third-order valence-electron chi connectivity index (χ3n) is 5.88. The van der Waals surface area contributed by atoms with Gasteiger partial charge in [-0.05, 0) is 61.4 Å². The highest BCUT2D eigenvalue weighted by Gasteiger charge is 2.22. The van der Waals surface area contributed by atoms with Crippen LogP contribution in [0, 0.1) is 6.92 Å². The Morgan fingerprint density at radius 2 is 1.74 bits per heavy atom. The zero-order chi connectivity index (χ0) is 27.4. The van der Waals surface area contributed by atoms with E-state index in [1.165, 1.54) is 47.0 Å². The van der Waals surface area contributed by atoms with Crippen LogP contribution >= 0.6 is 22.9 Å². The van der Waals surface area contributed by atoms with E-state index in [1.807, 2.05) is 43.3 Å². The Labute approximate surface area is 229 Å². The molecule has 0 radical (unpaired) electrons. The van der Waals surface area contributed by atoms with Gasteiger partial charge in [0.25, 0.3) is 5.91 Å². The van der Waals surface area contributed by atoms with Crippen LogP contribution in [-0.4, -0.2) is 42.8 Å². The standard InChI is InChI=1S/C27H26ClN3O5S2/c1-4-36-24(32)17-31-25-18(2)22(28)14-15-23(25)37-27(31)29-26(33)20-10-12-21(13-11-20)38(34,35)30(3)16-19-8-6-5-7-9-19/h5-15H,4,16-17H2,1-3H3. The summed E-state index contributed by atoms with van der Waals surface area (Å²) in [6.45, 7) is 3.86. The van der Waals surface area contributed by atoms with Crippen molar-refractivity contribution in [3.8, 4) is 0 Å². The Balaban J connectivity index is 1.65. The maximum absolute atomic E-state index is 13.1. The van der Waals surface area contributed by atoms with Crippen LogP contribution in [0.1, 0.15) is 28.4 Å². The lowest BCUT2D eigenvalue weighted by molar-refractivity contribution is -0.143. The number of hydrogen-bond donors (Lipinski definition) is 0. The first kappa shape index (κ1) is 27.7. The van der Waals surface area contributed by atoms with Gasteiger partial charge in [0.2, 0.25) is 10.0 Å². The van der Waals surface area contributed by atoms with Crippen molar-refractivity contribution in [2.24, 2.45) is 4.99 Å². The molecule has 0 aliphatic carbocycles. The van der Waals surface area contributed by atoms with Gasteiger partial charge in [-0.25, -0.2) is 8.42 Å². The zero-order valence-corrected chi connectivity index (χ0v) is 23.4. The largest absolute Gasteiger partial charge is 0.465 e. The molecule has 4 aromatic rings. The SMILES string of the molecule is CCOC(=O)Cn1c(=NC(=O)c2ccc(S(=O)(=O)N(C)Cc3ccccc3)cc2)sc2ccc(Cl)c(C)c21. The molecule has 38 heavy (non-hydrogen) atoms. The van der Waals surface area contributed by atoms with Gasteiger partial charge in [0.1, 0.15) is 6.54 Å². The number of benzene rings is 3. The molecule has 0 N–H and O–H groups in total. The molecule has 0 atom stereocenters. The van der Waals surface area contributed by atoms with E-state index in [0.717, 1.165) is 15.8 Å². The van der Waals surface area contributed by atoms with Crippen molar-refractivity contribution in [2.75, 3.05) is 13.7 Å². The lowest BCUT2D eigenvalue weighted by atomic mass is 10.2. The molecule has 0 saturated heterocycles. The summed E-state index contributed by atoms with van der Waals surface area (Å²) in [5.74, 6) is -1.03. The second-order valence-corrected chi connectivity index (χ2v) is 11.9. The van der Waals surface area contributed by atoms with Gasteiger partial charge in [0, 0.05) is 24.2 Å². The van der Waals surface area contributed by atoms with Crippen molar-refractivity contribution in [1.29, 1.82) is 0 Å². The van der Waals surface area contributed by atoms with Gasteiger partial charge in [-0.1, -0.05) is 53.3 Å². The van der Waals surface area contributed by atoms with Gasteiger partial charge >= 0.3 is 5.97 Å². The van der Waals surface area contributed by atoms with Crippen LogP contribution in [0.15, 0.2) is 76.6 Å². The number of fused-ring (bicyclic) bond motifs is 1. The number of rotatable bonds is 8. The predicted molar refractivity (Wildman–Crippen MR) is 148 cm³/mol. The summed E-state index contributed by atoms with van der Waals surface area (Å²) in [4.78, 5) is 30.0. The molecule has 1 amide bonds. The molecular formula is C27H26ClN3O5S2. The van der Waals surface area contributed by atoms with Crippen molar-refractivity contribution in [1.82, 2.24) is 8.87 Å². The maximum atomic E-state index is 13.1. The number of carbonyl (C=O) groups excluding carboxylic acids is 2. The molecular weight excluding hydrogens is 546 g/mol. The smallest absolute Gasteiger partial charge is 0.326 e. The van der Waals surface area contributed by atoms with Crippen LogP contribution in [0.4, 0.5) is 0 Å². The van der Waals surface area contributed by atoms with E-state index in [2.05, 4.69) is 4.99 Å². The van der Waals surface area contributed by atoms with Crippen LogP contribution in [0.25, 0.3) is 10.2 Å². The van der Waals surface area contributed by atoms with E-state index in [1.54, 1.807) is 17.6 Å². The van der Waals surface area contributed by atoms with Crippen molar-refractivity contribution in [2.45, 2.75) is 31.8 Å². The summed E-state index contributed by atoms with van der Waals surface area (Å²) < 4.78 is 34.9. The Kier molecular flexibility index (Phi) is 8.47. The Morgan fingerprint density at radius 3 is 2.39 bits per heavy atom. The summed E-state index contributed by atoms with van der Waals surface area (Å²) in [6.07, 6.45) is 0. The lowest BCUT2D eigenvalue weighted by Crippen LogP contribution is -2.26. The first-order chi connectivity index (χ1) is 18.1. The minimum absolute atomic E-state index is 0.0667. The Bertz CT molecular complexity index is 1660. The first-order valence-corrected chi connectivity index (χ1v) is 14.4. The number of halogens is 1. The maximum Gasteiger partial charge on any atom is 0.326 e. The van der Waals surface area contributed by atoms with Gasteiger partial charge in [-0.3, -0.25) is 9.59 Å². The number of thiazole rings is 1. The Morgan fingerprint density at radius 1 is 1.05 bits per heavy atom. The molecule has 0 aliphatic heterocycles. The second-order valence-electron chi connectivity index (χ2n) is 8.48. The van der Waals surface area contributed by atoms with Crippen molar-refractivity contribution < 1.29 is 22.7 Å². The first-order valence-electron chi connectivity index (χ1n) is 11.7. The van der Waals surface area contributed by atoms with Gasteiger partial charge in [-0.15, -0.1) is 0 Å². The van der Waals surface area contributed by atoms with E-state index in [0.29, 0.717) is 15.3 Å². The fourth-order valence-electron chi connectivity index (χ4n) is 3.91. The van der Waals surface area contributed by atoms with Gasteiger partial charge in [0.05, 0.1) is 21.7 Å². The van der Waals surface area contributed by atoms with E-state index in [9.17, 15) is 18.0 Å². The van der Waals surface area contributed by atoms with E-state index < -0.39 is 21.9 Å².